The van der Waals surface area contributed by atoms with Crippen LogP contribution in [0.25, 0.3) is 0 Å². The van der Waals surface area contributed by atoms with Gasteiger partial charge in [-0.2, -0.15) is 0 Å². The van der Waals surface area contributed by atoms with Gasteiger partial charge in [-0.25, -0.2) is 0 Å². The van der Waals surface area contributed by atoms with Crippen LogP contribution in [0.2, 0.25) is 6.82 Å². The monoisotopic (exact) mass is 136 g/mol. The van der Waals surface area contributed by atoms with Gasteiger partial charge in [0.25, 0.3) is 0 Å². The van der Waals surface area contributed by atoms with Crippen molar-refractivity contribution in [2.75, 3.05) is 0 Å². The Bertz CT molecular complexity index is 208. The highest BCUT2D eigenvalue weighted by Gasteiger charge is 2.03. The summed E-state index contributed by atoms with van der Waals surface area (Å²) in [5.41, 5.74) is 0.540. The van der Waals surface area contributed by atoms with Crippen LogP contribution in [0, 0.1) is 0 Å². The Morgan fingerprint density at radius 2 is 2.60 bits per heavy atom. The first-order valence-corrected chi connectivity index (χ1v) is 2.95. The summed E-state index contributed by atoms with van der Waals surface area (Å²) in [6.07, 6.45) is 2.86. The summed E-state index contributed by atoms with van der Waals surface area (Å²) in [7, 11) is 1.58. The number of amides is 1. The molecule has 1 rings (SSSR count). The number of nitrogens with one attached hydrogen (secondary N) is 1. The molecule has 1 heterocycles. The number of rotatable bonds is 2. The third kappa shape index (κ3) is 1.40. The van der Waals surface area contributed by atoms with Gasteiger partial charge >= 0.3 is 0 Å². The Morgan fingerprint density at radius 3 is 3.10 bits per heavy atom. The molecule has 0 spiro atoms. The highest BCUT2D eigenvalue weighted by molar-refractivity contribution is 6.36. The Kier molecular flexibility index (Phi) is 2.15. The first-order valence-electron chi connectivity index (χ1n) is 2.95. The molecule has 1 amide bonds. The molecular formula is C6H7BNO2. The summed E-state index contributed by atoms with van der Waals surface area (Å²) >= 11 is 0. The molecule has 1 radical (unpaired) electrons. The first kappa shape index (κ1) is 6.93. The van der Waals surface area contributed by atoms with Gasteiger partial charge in [0.05, 0.1) is 11.8 Å². The minimum absolute atomic E-state index is 0.142. The van der Waals surface area contributed by atoms with Gasteiger partial charge in [0, 0.05) is 0 Å². The van der Waals surface area contributed by atoms with Crippen molar-refractivity contribution in [3.63, 3.8) is 0 Å². The van der Waals surface area contributed by atoms with Gasteiger partial charge in [0.2, 0.25) is 13.3 Å². The topological polar surface area (TPSA) is 42.2 Å². The molecule has 0 unspecified atom stereocenters. The zero-order chi connectivity index (χ0) is 7.40. The van der Waals surface area contributed by atoms with Crippen molar-refractivity contribution in [1.82, 2.24) is 5.23 Å². The van der Waals surface area contributed by atoms with Gasteiger partial charge < -0.3 is 9.64 Å². The van der Waals surface area contributed by atoms with E-state index >= 15 is 0 Å². The van der Waals surface area contributed by atoms with Crippen molar-refractivity contribution >= 4 is 13.3 Å². The van der Waals surface area contributed by atoms with Crippen LogP contribution < -0.4 is 5.23 Å². The fourth-order valence-electron chi connectivity index (χ4n) is 0.608. The van der Waals surface area contributed by atoms with E-state index in [4.69, 9.17) is 4.42 Å². The van der Waals surface area contributed by atoms with Crippen LogP contribution in [-0.4, -0.2) is 13.3 Å². The molecule has 0 bridgehead atoms. The lowest BCUT2D eigenvalue weighted by atomic mass is 10.00. The molecule has 10 heavy (non-hydrogen) atoms. The van der Waals surface area contributed by atoms with Crippen LogP contribution in [0.3, 0.4) is 0 Å². The second kappa shape index (κ2) is 3.10. The molecule has 0 aliphatic carbocycles. The van der Waals surface area contributed by atoms with Gasteiger partial charge in [-0.05, 0) is 6.07 Å². The maximum absolute atomic E-state index is 10.9. The van der Waals surface area contributed by atoms with Gasteiger partial charge in [0.15, 0.2) is 0 Å². The van der Waals surface area contributed by atoms with Crippen molar-refractivity contribution in [1.29, 1.82) is 0 Å². The van der Waals surface area contributed by atoms with E-state index in [0.29, 0.717) is 5.56 Å². The summed E-state index contributed by atoms with van der Waals surface area (Å²) in [6.45, 7) is 1.75. The number of carbonyl (C=O) groups excluding carboxylic acids is 1. The normalized spacial score (nSPS) is 8.90. The van der Waals surface area contributed by atoms with Crippen molar-refractivity contribution in [2.45, 2.75) is 6.82 Å². The Hall–Kier alpha value is -1.19. The van der Waals surface area contributed by atoms with Crippen LogP contribution in [-0.2, 0) is 0 Å². The van der Waals surface area contributed by atoms with Crippen molar-refractivity contribution in [3.8, 4) is 0 Å². The molecular weight excluding hydrogens is 129 g/mol. The summed E-state index contributed by atoms with van der Waals surface area (Å²) in [5, 5.41) is 2.52. The molecule has 1 aromatic rings. The summed E-state index contributed by atoms with van der Waals surface area (Å²) < 4.78 is 4.71. The lowest BCUT2D eigenvalue weighted by molar-refractivity contribution is 0.0980. The predicted octanol–water partition coefficient (Wildman–Crippen LogP) is 0.677. The van der Waals surface area contributed by atoms with Crippen molar-refractivity contribution in [2.24, 2.45) is 0 Å². The Labute approximate surface area is 59.7 Å². The molecule has 51 valence electrons. The maximum atomic E-state index is 10.9. The summed E-state index contributed by atoms with van der Waals surface area (Å²) in [5.74, 6) is -0.142. The van der Waals surface area contributed by atoms with E-state index in [-0.39, 0.29) is 5.91 Å². The van der Waals surface area contributed by atoms with E-state index in [2.05, 4.69) is 5.23 Å². The predicted molar refractivity (Wildman–Crippen MR) is 37.8 cm³/mol. The van der Waals surface area contributed by atoms with Crippen LogP contribution in [0.4, 0.5) is 0 Å². The van der Waals surface area contributed by atoms with Crippen LogP contribution in [0.15, 0.2) is 23.0 Å². The van der Waals surface area contributed by atoms with Gasteiger partial charge in [-0.15, -0.1) is 0 Å². The number of furan rings is 1. The van der Waals surface area contributed by atoms with E-state index in [1.165, 1.54) is 12.5 Å². The molecule has 4 heteroatoms. The molecule has 0 aromatic carbocycles. The second-order valence-corrected chi connectivity index (χ2v) is 1.77. The highest BCUT2D eigenvalue weighted by Crippen LogP contribution is 1.97. The van der Waals surface area contributed by atoms with E-state index in [1.807, 2.05) is 0 Å². The molecule has 0 aliphatic heterocycles. The van der Waals surface area contributed by atoms with Gasteiger partial charge in [-0.1, -0.05) is 6.82 Å². The average Bonchev–Trinajstić information content (AvgIpc) is 2.38. The Morgan fingerprint density at radius 1 is 1.80 bits per heavy atom. The van der Waals surface area contributed by atoms with Crippen molar-refractivity contribution in [3.05, 3.63) is 24.2 Å². The number of hydrogen-bond donors (Lipinski definition) is 1. The van der Waals surface area contributed by atoms with Crippen LogP contribution >= 0.6 is 0 Å². The number of carbonyl (C=O) groups is 1. The van der Waals surface area contributed by atoms with E-state index in [1.54, 1.807) is 20.3 Å². The lowest BCUT2D eigenvalue weighted by Gasteiger charge is -1.94. The molecule has 1 aromatic heterocycles. The fourth-order valence-corrected chi connectivity index (χ4v) is 0.608. The zero-order valence-electron chi connectivity index (χ0n) is 5.63. The minimum Gasteiger partial charge on any atom is -0.472 e. The molecule has 3 nitrogen and oxygen atoms in total. The number of hydrogen-bond acceptors (Lipinski definition) is 2. The highest BCUT2D eigenvalue weighted by atomic mass is 16.3. The molecule has 1 N–H and O–H groups in total. The van der Waals surface area contributed by atoms with Gasteiger partial charge in [-0.3, -0.25) is 4.79 Å². The largest absolute Gasteiger partial charge is 0.472 e. The standard InChI is InChI=1S/C6H7BNO2/c1-7-8-6(9)5-2-3-10-4-5/h2-4H,1H3,(H,8,9). The van der Waals surface area contributed by atoms with E-state index < -0.39 is 0 Å². The fraction of sp³-hybridized carbons (Fsp3) is 0.167. The zero-order valence-corrected chi connectivity index (χ0v) is 5.63. The van der Waals surface area contributed by atoms with Crippen LogP contribution in [0.1, 0.15) is 10.4 Å². The average molecular weight is 136 g/mol. The van der Waals surface area contributed by atoms with Gasteiger partial charge in [0.1, 0.15) is 6.26 Å². The first-order chi connectivity index (χ1) is 4.84. The molecule has 0 saturated heterocycles. The third-order valence-corrected chi connectivity index (χ3v) is 1.06. The van der Waals surface area contributed by atoms with Crippen molar-refractivity contribution < 1.29 is 9.21 Å². The third-order valence-electron chi connectivity index (χ3n) is 1.06. The minimum atomic E-state index is -0.142. The second-order valence-electron chi connectivity index (χ2n) is 1.77. The summed E-state index contributed by atoms with van der Waals surface area (Å²) in [4.78, 5) is 10.9. The quantitative estimate of drug-likeness (QED) is 0.607. The molecule has 0 aliphatic rings. The summed E-state index contributed by atoms with van der Waals surface area (Å²) in [6, 6.07) is 1.61. The molecule has 0 atom stereocenters. The Balaban J connectivity index is 2.59. The maximum Gasteiger partial charge on any atom is 0.243 e. The lowest BCUT2D eigenvalue weighted by Crippen LogP contribution is -2.24. The SMILES string of the molecule is C[B]NC(=O)c1ccoc1. The van der Waals surface area contributed by atoms with E-state index in [9.17, 15) is 4.79 Å². The van der Waals surface area contributed by atoms with Crippen LogP contribution in [0.5, 0.6) is 0 Å². The molecule has 0 saturated carbocycles. The van der Waals surface area contributed by atoms with E-state index in [0.717, 1.165) is 0 Å². The molecule has 0 fully saturated rings. The smallest absolute Gasteiger partial charge is 0.243 e.